The SMILES string of the molecule is Cc1cccnc1CC(=O)N[C@H]1CCCCCC[C@@H]1O. The van der Waals surface area contributed by atoms with Crippen molar-refractivity contribution in [3.05, 3.63) is 29.6 Å². The molecule has 2 atom stereocenters. The maximum absolute atomic E-state index is 12.1. The Morgan fingerprint density at radius 2 is 2.10 bits per heavy atom. The molecule has 0 spiro atoms. The van der Waals surface area contributed by atoms with Crippen molar-refractivity contribution < 1.29 is 9.90 Å². The maximum atomic E-state index is 12.1. The van der Waals surface area contributed by atoms with Gasteiger partial charge in [0.2, 0.25) is 5.91 Å². The lowest BCUT2D eigenvalue weighted by molar-refractivity contribution is -0.122. The first-order chi connectivity index (χ1) is 9.66. The first kappa shape index (κ1) is 15.0. The quantitative estimate of drug-likeness (QED) is 0.889. The van der Waals surface area contributed by atoms with Crippen LogP contribution < -0.4 is 5.32 Å². The van der Waals surface area contributed by atoms with Crippen LogP contribution in [0.3, 0.4) is 0 Å². The van der Waals surface area contributed by atoms with Crippen molar-refractivity contribution in [2.24, 2.45) is 0 Å². The van der Waals surface area contributed by atoms with Crippen molar-refractivity contribution in [3.8, 4) is 0 Å². The minimum Gasteiger partial charge on any atom is -0.391 e. The number of aliphatic hydroxyl groups is 1. The van der Waals surface area contributed by atoms with Crippen molar-refractivity contribution in [3.63, 3.8) is 0 Å². The summed E-state index contributed by atoms with van der Waals surface area (Å²) >= 11 is 0. The van der Waals surface area contributed by atoms with E-state index in [0.717, 1.165) is 36.9 Å². The van der Waals surface area contributed by atoms with Crippen LogP contribution in [0.5, 0.6) is 0 Å². The number of rotatable bonds is 3. The normalized spacial score (nSPS) is 23.7. The molecule has 1 heterocycles. The van der Waals surface area contributed by atoms with E-state index >= 15 is 0 Å². The smallest absolute Gasteiger partial charge is 0.226 e. The van der Waals surface area contributed by atoms with Gasteiger partial charge in [-0.25, -0.2) is 0 Å². The lowest BCUT2D eigenvalue weighted by Crippen LogP contribution is -2.44. The molecule has 0 unspecified atom stereocenters. The number of nitrogens with zero attached hydrogens (tertiary/aromatic N) is 1. The van der Waals surface area contributed by atoms with Gasteiger partial charge in [-0.2, -0.15) is 0 Å². The van der Waals surface area contributed by atoms with Crippen LogP contribution in [0.15, 0.2) is 18.3 Å². The van der Waals surface area contributed by atoms with Gasteiger partial charge in [0.15, 0.2) is 0 Å². The lowest BCUT2D eigenvalue weighted by Gasteiger charge is -2.26. The molecule has 0 aliphatic heterocycles. The number of hydrogen-bond acceptors (Lipinski definition) is 3. The van der Waals surface area contributed by atoms with E-state index in [9.17, 15) is 9.90 Å². The predicted molar refractivity (Wildman–Crippen MR) is 78.3 cm³/mol. The summed E-state index contributed by atoms with van der Waals surface area (Å²) in [5.74, 6) is -0.0450. The molecule has 20 heavy (non-hydrogen) atoms. The summed E-state index contributed by atoms with van der Waals surface area (Å²) in [7, 11) is 0. The Morgan fingerprint density at radius 1 is 1.35 bits per heavy atom. The summed E-state index contributed by atoms with van der Waals surface area (Å²) < 4.78 is 0. The lowest BCUT2D eigenvalue weighted by atomic mass is 9.94. The van der Waals surface area contributed by atoms with E-state index in [2.05, 4.69) is 10.3 Å². The second kappa shape index (κ2) is 7.39. The van der Waals surface area contributed by atoms with Gasteiger partial charge in [0, 0.05) is 6.20 Å². The second-order valence-electron chi connectivity index (χ2n) is 5.68. The molecular weight excluding hydrogens is 252 g/mol. The van der Waals surface area contributed by atoms with E-state index in [1.807, 2.05) is 19.1 Å². The first-order valence-electron chi connectivity index (χ1n) is 7.55. The van der Waals surface area contributed by atoms with Crippen LogP contribution in [0, 0.1) is 6.92 Å². The average Bonchev–Trinajstić information content (AvgIpc) is 2.41. The third kappa shape index (κ3) is 4.30. The van der Waals surface area contributed by atoms with Crippen LogP contribution in [0.1, 0.15) is 49.8 Å². The van der Waals surface area contributed by atoms with Crippen LogP contribution in [0.4, 0.5) is 0 Å². The summed E-state index contributed by atoms with van der Waals surface area (Å²) in [6.45, 7) is 1.96. The molecule has 4 nitrogen and oxygen atoms in total. The summed E-state index contributed by atoms with van der Waals surface area (Å²) in [6, 6.07) is 3.72. The highest BCUT2D eigenvalue weighted by atomic mass is 16.3. The Bertz CT molecular complexity index is 448. The van der Waals surface area contributed by atoms with Crippen LogP contribution >= 0.6 is 0 Å². The molecule has 1 aromatic rings. The van der Waals surface area contributed by atoms with Gasteiger partial charge in [-0.3, -0.25) is 9.78 Å². The molecule has 1 aliphatic carbocycles. The Labute approximate surface area is 120 Å². The van der Waals surface area contributed by atoms with Crippen LogP contribution in [0.25, 0.3) is 0 Å². The van der Waals surface area contributed by atoms with Gasteiger partial charge in [0.1, 0.15) is 0 Å². The zero-order chi connectivity index (χ0) is 14.4. The molecule has 4 heteroatoms. The number of aromatic nitrogens is 1. The van der Waals surface area contributed by atoms with Gasteiger partial charge in [0.25, 0.3) is 0 Å². The fourth-order valence-corrected chi connectivity index (χ4v) is 2.75. The van der Waals surface area contributed by atoms with E-state index in [1.54, 1.807) is 6.20 Å². The van der Waals surface area contributed by atoms with Crippen molar-refractivity contribution in [1.82, 2.24) is 10.3 Å². The Hall–Kier alpha value is -1.42. The third-order valence-corrected chi connectivity index (χ3v) is 4.02. The highest BCUT2D eigenvalue weighted by Gasteiger charge is 2.22. The summed E-state index contributed by atoms with van der Waals surface area (Å²) in [5, 5.41) is 13.1. The molecule has 0 aromatic carbocycles. The molecular formula is C16H24N2O2. The summed E-state index contributed by atoms with van der Waals surface area (Å²) in [4.78, 5) is 16.4. The molecule has 1 amide bonds. The van der Waals surface area contributed by atoms with Gasteiger partial charge in [-0.15, -0.1) is 0 Å². The molecule has 1 aromatic heterocycles. The van der Waals surface area contributed by atoms with Gasteiger partial charge >= 0.3 is 0 Å². The van der Waals surface area contributed by atoms with Gasteiger partial charge in [-0.1, -0.05) is 31.7 Å². The minimum atomic E-state index is -0.413. The molecule has 1 saturated carbocycles. The van der Waals surface area contributed by atoms with E-state index < -0.39 is 6.10 Å². The Kier molecular flexibility index (Phi) is 5.53. The molecule has 1 fully saturated rings. The fourth-order valence-electron chi connectivity index (χ4n) is 2.75. The van der Waals surface area contributed by atoms with Crippen molar-refractivity contribution in [2.45, 2.75) is 64.0 Å². The van der Waals surface area contributed by atoms with Gasteiger partial charge in [0.05, 0.1) is 24.3 Å². The minimum absolute atomic E-state index is 0.0450. The number of carbonyl (C=O) groups is 1. The molecule has 110 valence electrons. The Balaban J connectivity index is 1.91. The van der Waals surface area contributed by atoms with E-state index in [1.165, 1.54) is 12.8 Å². The molecule has 0 saturated heterocycles. The zero-order valence-electron chi connectivity index (χ0n) is 12.1. The number of pyridine rings is 1. The topological polar surface area (TPSA) is 62.2 Å². The van der Waals surface area contributed by atoms with Crippen LogP contribution in [0.2, 0.25) is 0 Å². The second-order valence-corrected chi connectivity index (χ2v) is 5.68. The number of amides is 1. The predicted octanol–water partition coefficient (Wildman–Crippen LogP) is 2.13. The highest BCUT2D eigenvalue weighted by Crippen LogP contribution is 2.18. The number of nitrogens with one attached hydrogen (secondary N) is 1. The fraction of sp³-hybridized carbons (Fsp3) is 0.625. The molecule has 0 bridgehead atoms. The summed E-state index contributed by atoms with van der Waals surface area (Å²) in [6.07, 6.45) is 7.74. The highest BCUT2D eigenvalue weighted by molar-refractivity contribution is 5.78. The standard InChI is InChI=1S/C16H24N2O2/c1-12-7-6-10-17-14(12)11-16(20)18-13-8-4-2-3-5-9-15(13)19/h6-7,10,13,15,19H,2-5,8-9,11H2,1H3,(H,18,20)/t13-,15-/m0/s1. The number of hydrogen-bond donors (Lipinski definition) is 2. The van der Waals surface area contributed by atoms with Crippen molar-refractivity contribution in [1.29, 1.82) is 0 Å². The Morgan fingerprint density at radius 3 is 2.85 bits per heavy atom. The third-order valence-electron chi connectivity index (χ3n) is 4.02. The van der Waals surface area contributed by atoms with Crippen molar-refractivity contribution >= 4 is 5.91 Å². The monoisotopic (exact) mass is 276 g/mol. The molecule has 2 rings (SSSR count). The number of aryl methyl sites for hydroxylation is 1. The first-order valence-corrected chi connectivity index (χ1v) is 7.55. The van der Waals surface area contributed by atoms with E-state index in [0.29, 0.717) is 0 Å². The molecule has 0 radical (unpaired) electrons. The number of carbonyl (C=O) groups excluding carboxylic acids is 1. The van der Waals surface area contributed by atoms with E-state index in [-0.39, 0.29) is 18.4 Å². The average molecular weight is 276 g/mol. The van der Waals surface area contributed by atoms with Crippen LogP contribution in [-0.4, -0.2) is 28.1 Å². The maximum Gasteiger partial charge on any atom is 0.226 e. The largest absolute Gasteiger partial charge is 0.391 e. The molecule has 2 N–H and O–H groups in total. The zero-order valence-corrected chi connectivity index (χ0v) is 12.1. The molecule has 1 aliphatic rings. The van der Waals surface area contributed by atoms with E-state index in [4.69, 9.17) is 0 Å². The number of aliphatic hydroxyl groups excluding tert-OH is 1. The van der Waals surface area contributed by atoms with Gasteiger partial charge < -0.3 is 10.4 Å². The van der Waals surface area contributed by atoms with Crippen LogP contribution in [-0.2, 0) is 11.2 Å². The van der Waals surface area contributed by atoms with Crippen molar-refractivity contribution in [2.75, 3.05) is 0 Å². The summed E-state index contributed by atoms with van der Waals surface area (Å²) in [5.41, 5.74) is 1.84. The van der Waals surface area contributed by atoms with Gasteiger partial charge in [-0.05, 0) is 31.4 Å².